The fraction of sp³-hybridized carbons (Fsp3) is 0.500. The van der Waals surface area contributed by atoms with Crippen LogP contribution < -0.4 is 0 Å². The Morgan fingerprint density at radius 2 is 2.00 bits per heavy atom. The lowest BCUT2D eigenvalue weighted by Crippen LogP contribution is -2.14. The van der Waals surface area contributed by atoms with Crippen LogP contribution in [0.4, 0.5) is 0 Å². The minimum Gasteiger partial charge on any atom is -0.385 e. The van der Waals surface area contributed by atoms with Crippen LogP contribution in [0.2, 0.25) is 0 Å². The average molecular weight is 252 g/mol. The minimum absolute atomic E-state index is 0.0227. The standard InChI is InChI=1S/C14H20O2S/c1-11-5-7-13(8-6-11)14(15)12(2)17-10-4-9-16-3/h5-8,12H,4,9-10H2,1-3H3. The predicted octanol–water partition coefficient (Wildman–Crippen LogP) is 3.34. The van der Waals surface area contributed by atoms with E-state index in [9.17, 15) is 4.79 Å². The molecule has 0 fully saturated rings. The first-order chi connectivity index (χ1) is 8.15. The highest BCUT2D eigenvalue weighted by Gasteiger charge is 2.14. The zero-order valence-corrected chi connectivity index (χ0v) is 11.5. The third-order valence-electron chi connectivity index (χ3n) is 2.57. The highest BCUT2D eigenvalue weighted by Crippen LogP contribution is 2.17. The summed E-state index contributed by atoms with van der Waals surface area (Å²) >= 11 is 1.69. The predicted molar refractivity (Wildman–Crippen MR) is 73.9 cm³/mol. The van der Waals surface area contributed by atoms with Crippen LogP contribution in [0.25, 0.3) is 0 Å². The lowest BCUT2D eigenvalue weighted by molar-refractivity contribution is 0.0994. The molecule has 0 amide bonds. The highest BCUT2D eigenvalue weighted by atomic mass is 32.2. The van der Waals surface area contributed by atoms with Gasteiger partial charge in [-0.25, -0.2) is 0 Å². The Balaban J connectivity index is 2.43. The molecule has 0 saturated heterocycles. The summed E-state index contributed by atoms with van der Waals surface area (Å²) in [6, 6.07) is 7.78. The number of Topliss-reactive ketones (excluding diaryl/α,β-unsaturated/α-hetero) is 1. The number of carbonyl (C=O) groups excluding carboxylic acids is 1. The smallest absolute Gasteiger partial charge is 0.175 e. The molecule has 0 heterocycles. The van der Waals surface area contributed by atoms with Gasteiger partial charge in [-0.3, -0.25) is 4.79 Å². The van der Waals surface area contributed by atoms with E-state index in [1.807, 2.05) is 38.1 Å². The van der Waals surface area contributed by atoms with Gasteiger partial charge >= 0.3 is 0 Å². The second-order valence-electron chi connectivity index (χ2n) is 4.09. The van der Waals surface area contributed by atoms with E-state index in [2.05, 4.69) is 0 Å². The molecule has 0 N–H and O–H groups in total. The van der Waals surface area contributed by atoms with Gasteiger partial charge in [-0.15, -0.1) is 0 Å². The van der Waals surface area contributed by atoms with Gasteiger partial charge < -0.3 is 4.74 Å². The van der Waals surface area contributed by atoms with Gasteiger partial charge in [0, 0.05) is 19.3 Å². The number of hydrogen-bond donors (Lipinski definition) is 0. The van der Waals surface area contributed by atoms with E-state index in [1.165, 1.54) is 5.56 Å². The first-order valence-corrected chi connectivity index (χ1v) is 6.91. The van der Waals surface area contributed by atoms with Gasteiger partial charge in [0.2, 0.25) is 0 Å². The first-order valence-electron chi connectivity index (χ1n) is 5.86. The fourth-order valence-corrected chi connectivity index (χ4v) is 2.42. The maximum absolute atomic E-state index is 12.1. The largest absolute Gasteiger partial charge is 0.385 e. The van der Waals surface area contributed by atoms with E-state index in [-0.39, 0.29) is 11.0 Å². The van der Waals surface area contributed by atoms with Crippen LogP contribution in [-0.2, 0) is 4.74 Å². The van der Waals surface area contributed by atoms with E-state index in [1.54, 1.807) is 18.9 Å². The van der Waals surface area contributed by atoms with Crippen molar-refractivity contribution in [3.05, 3.63) is 35.4 Å². The summed E-state index contributed by atoms with van der Waals surface area (Å²) in [7, 11) is 1.70. The molecular formula is C14H20O2S. The number of carbonyl (C=O) groups is 1. The molecule has 1 unspecified atom stereocenters. The Morgan fingerprint density at radius 1 is 1.35 bits per heavy atom. The van der Waals surface area contributed by atoms with Crippen LogP contribution in [-0.4, -0.2) is 30.5 Å². The molecule has 0 aliphatic carbocycles. The van der Waals surface area contributed by atoms with E-state index in [0.29, 0.717) is 0 Å². The zero-order valence-electron chi connectivity index (χ0n) is 10.7. The number of ether oxygens (including phenoxy) is 1. The SMILES string of the molecule is COCCCSC(C)C(=O)c1ccc(C)cc1. The van der Waals surface area contributed by atoms with Crippen LogP contribution >= 0.6 is 11.8 Å². The second kappa shape index (κ2) is 7.51. The molecule has 2 nitrogen and oxygen atoms in total. The van der Waals surface area contributed by atoms with Crippen molar-refractivity contribution < 1.29 is 9.53 Å². The molecule has 0 bridgehead atoms. The summed E-state index contributed by atoms with van der Waals surface area (Å²) < 4.78 is 4.98. The van der Waals surface area contributed by atoms with E-state index < -0.39 is 0 Å². The summed E-state index contributed by atoms with van der Waals surface area (Å²) in [5.74, 6) is 1.18. The molecule has 0 aliphatic rings. The van der Waals surface area contributed by atoms with Crippen molar-refractivity contribution in [2.75, 3.05) is 19.5 Å². The molecule has 0 aromatic heterocycles. The van der Waals surface area contributed by atoms with Gasteiger partial charge in [-0.05, 0) is 26.0 Å². The van der Waals surface area contributed by atoms with Gasteiger partial charge in [0.25, 0.3) is 0 Å². The van der Waals surface area contributed by atoms with Gasteiger partial charge in [0.1, 0.15) is 0 Å². The molecule has 1 atom stereocenters. The van der Waals surface area contributed by atoms with Crippen molar-refractivity contribution in [2.24, 2.45) is 0 Å². The number of benzene rings is 1. The molecule has 0 saturated carbocycles. The third kappa shape index (κ3) is 4.92. The van der Waals surface area contributed by atoms with E-state index >= 15 is 0 Å². The monoisotopic (exact) mass is 252 g/mol. The number of methoxy groups -OCH3 is 1. The van der Waals surface area contributed by atoms with Crippen molar-refractivity contribution in [3.63, 3.8) is 0 Å². The van der Waals surface area contributed by atoms with Crippen LogP contribution in [0.15, 0.2) is 24.3 Å². The molecule has 0 radical (unpaired) electrons. The van der Waals surface area contributed by atoms with Crippen LogP contribution in [0.1, 0.15) is 29.3 Å². The first kappa shape index (κ1) is 14.3. The Hall–Kier alpha value is -0.800. The quantitative estimate of drug-likeness (QED) is 0.550. The molecular weight excluding hydrogens is 232 g/mol. The maximum atomic E-state index is 12.1. The number of ketones is 1. The van der Waals surface area contributed by atoms with E-state index in [0.717, 1.165) is 24.3 Å². The normalized spacial score (nSPS) is 12.4. The Bertz CT molecular complexity index is 346. The number of hydrogen-bond acceptors (Lipinski definition) is 3. The molecule has 1 aromatic carbocycles. The lowest BCUT2D eigenvalue weighted by Gasteiger charge is -2.10. The number of aryl methyl sites for hydroxylation is 1. The Morgan fingerprint density at radius 3 is 2.59 bits per heavy atom. The molecule has 0 aliphatic heterocycles. The fourth-order valence-electron chi connectivity index (χ4n) is 1.49. The second-order valence-corrected chi connectivity index (χ2v) is 5.54. The third-order valence-corrected chi connectivity index (χ3v) is 3.80. The summed E-state index contributed by atoms with van der Waals surface area (Å²) in [5.41, 5.74) is 1.99. The summed E-state index contributed by atoms with van der Waals surface area (Å²) in [6.45, 7) is 4.76. The van der Waals surface area contributed by atoms with Crippen molar-refractivity contribution >= 4 is 17.5 Å². The summed E-state index contributed by atoms with van der Waals surface area (Å²) in [4.78, 5) is 12.1. The van der Waals surface area contributed by atoms with Crippen molar-refractivity contribution in [1.29, 1.82) is 0 Å². The van der Waals surface area contributed by atoms with Crippen molar-refractivity contribution in [1.82, 2.24) is 0 Å². The topological polar surface area (TPSA) is 26.3 Å². The van der Waals surface area contributed by atoms with Crippen LogP contribution in [0.3, 0.4) is 0 Å². The van der Waals surface area contributed by atoms with Gasteiger partial charge in [-0.2, -0.15) is 11.8 Å². The van der Waals surface area contributed by atoms with Crippen molar-refractivity contribution in [2.45, 2.75) is 25.5 Å². The van der Waals surface area contributed by atoms with Crippen LogP contribution in [0, 0.1) is 6.92 Å². The molecule has 94 valence electrons. The zero-order chi connectivity index (χ0) is 12.7. The number of thioether (sulfide) groups is 1. The average Bonchev–Trinajstić information content (AvgIpc) is 2.34. The Labute approximate surface area is 108 Å². The summed E-state index contributed by atoms with van der Waals surface area (Å²) in [6.07, 6.45) is 0.993. The van der Waals surface area contributed by atoms with Gasteiger partial charge in [0.05, 0.1) is 5.25 Å². The molecule has 3 heteroatoms. The molecule has 1 aromatic rings. The highest BCUT2D eigenvalue weighted by molar-refractivity contribution is 8.00. The molecule has 0 spiro atoms. The maximum Gasteiger partial charge on any atom is 0.175 e. The lowest BCUT2D eigenvalue weighted by atomic mass is 10.1. The van der Waals surface area contributed by atoms with Gasteiger partial charge in [-0.1, -0.05) is 29.8 Å². The minimum atomic E-state index is 0.0227. The van der Waals surface area contributed by atoms with Gasteiger partial charge in [0.15, 0.2) is 5.78 Å². The molecule has 1 rings (SSSR count). The summed E-state index contributed by atoms with van der Waals surface area (Å²) in [5, 5.41) is 0.0227. The Kier molecular flexibility index (Phi) is 6.30. The van der Waals surface area contributed by atoms with Crippen molar-refractivity contribution in [3.8, 4) is 0 Å². The molecule has 17 heavy (non-hydrogen) atoms. The van der Waals surface area contributed by atoms with E-state index in [4.69, 9.17) is 4.74 Å². The number of rotatable bonds is 7. The van der Waals surface area contributed by atoms with Crippen LogP contribution in [0.5, 0.6) is 0 Å².